The minimum absolute atomic E-state index is 0.0282. The zero-order valence-electron chi connectivity index (χ0n) is 14.3. The average Bonchev–Trinajstić information content (AvgIpc) is 3.17. The second-order valence-corrected chi connectivity index (χ2v) is 6.23. The molecule has 0 aliphatic rings. The standard InChI is InChI=1S/C22H14N4O/c27-22(15-6-2-1-3-7-15)16-9-10-17-18(12-16)25-19(13-23-17)20-14-24-21-8-4-5-11-26(20)21/h1-14H. The highest BCUT2D eigenvalue weighted by molar-refractivity contribution is 6.10. The monoisotopic (exact) mass is 350 g/mol. The van der Waals surface area contributed by atoms with Gasteiger partial charge in [0.2, 0.25) is 0 Å². The van der Waals surface area contributed by atoms with Crippen LogP contribution < -0.4 is 0 Å². The minimum Gasteiger partial charge on any atom is -0.298 e. The topological polar surface area (TPSA) is 60.2 Å². The van der Waals surface area contributed by atoms with E-state index in [-0.39, 0.29) is 5.78 Å². The van der Waals surface area contributed by atoms with Crippen molar-refractivity contribution < 1.29 is 4.79 Å². The molecule has 3 aromatic heterocycles. The molecule has 0 atom stereocenters. The van der Waals surface area contributed by atoms with Gasteiger partial charge in [-0.3, -0.25) is 14.2 Å². The maximum Gasteiger partial charge on any atom is 0.193 e. The van der Waals surface area contributed by atoms with E-state index in [9.17, 15) is 4.79 Å². The molecule has 5 heteroatoms. The number of hydrogen-bond acceptors (Lipinski definition) is 4. The zero-order valence-corrected chi connectivity index (χ0v) is 14.3. The molecule has 0 amide bonds. The maximum absolute atomic E-state index is 12.7. The lowest BCUT2D eigenvalue weighted by molar-refractivity contribution is 0.103. The van der Waals surface area contributed by atoms with Gasteiger partial charge in [-0.05, 0) is 30.3 Å². The minimum atomic E-state index is -0.0282. The molecule has 5 rings (SSSR count). The van der Waals surface area contributed by atoms with E-state index >= 15 is 0 Å². The highest BCUT2D eigenvalue weighted by Crippen LogP contribution is 2.22. The summed E-state index contributed by atoms with van der Waals surface area (Å²) in [5.41, 5.74) is 5.10. The van der Waals surface area contributed by atoms with Crippen molar-refractivity contribution in [3.8, 4) is 11.4 Å². The number of fused-ring (bicyclic) bond motifs is 2. The van der Waals surface area contributed by atoms with Crippen LogP contribution in [0.1, 0.15) is 15.9 Å². The van der Waals surface area contributed by atoms with Crippen LogP contribution in [0.3, 0.4) is 0 Å². The van der Waals surface area contributed by atoms with E-state index in [0.717, 1.165) is 16.9 Å². The Balaban J connectivity index is 1.62. The van der Waals surface area contributed by atoms with E-state index in [1.165, 1.54) is 0 Å². The van der Waals surface area contributed by atoms with Crippen LogP contribution in [0, 0.1) is 0 Å². The third-order valence-corrected chi connectivity index (χ3v) is 4.52. The largest absolute Gasteiger partial charge is 0.298 e. The molecule has 2 aromatic carbocycles. The van der Waals surface area contributed by atoms with Crippen molar-refractivity contribution in [3.05, 3.63) is 96.4 Å². The molecular weight excluding hydrogens is 336 g/mol. The molecule has 27 heavy (non-hydrogen) atoms. The molecule has 0 radical (unpaired) electrons. The third kappa shape index (κ3) is 2.66. The van der Waals surface area contributed by atoms with Crippen molar-refractivity contribution in [1.29, 1.82) is 0 Å². The first kappa shape index (κ1) is 15.4. The van der Waals surface area contributed by atoms with Crippen molar-refractivity contribution in [2.45, 2.75) is 0 Å². The Morgan fingerprint density at radius 2 is 1.63 bits per heavy atom. The third-order valence-electron chi connectivity index (χ3n) is 4.52. The van der Waals surface area contributed by atoms with E-state index in [2.05, 4.69) is 9.97 Å². The Labute approximate surface area is 155 Å². The number of ketones is 1. The van der Waals surface area contributed by atoms with Crippen LogP contribution in [0.25, 0.3) is 28.1 Å². The molecule has 0 fully saturated rings. The predicted octanol–water partition coefficient (Wildman–Crippen LogP) is 4.18. The zero-order chi connectivity index (χ0) is 18.2. The fraction of sp³-hybridized carbons (Fsp3) is 0. The van der Waals surface area contributed by atoms with Crippen molar-refractivity contribution in [2.24, 2.45) is 0 Å². The van der Waals surface area contributed by atoms with Gasteiger partial charge >= 0.3 is 0 Å². The summed E-state index contributed by atoms with van der Waals surface area (Å²) in [6.07, 6.45) is 5.46. The summed E-state index contributed by atoms with van der Waals surface area (Å²) in [6, 6.07) is 20.5. The Bertz CT molecular complexity index is 1290. The van der Waals surface area contributed by atoms with Gasteiger partial charge in [-0.25, -0.2) is 9.97 Å². The van der Waals surface area contributed by atoms with Gasteiger partial charge in [0.15, 0.2) is 5.78 Å². The quantitative estimate of drug-likeness (QED) is 0.458. The Hall–Kier alpha value is -3.86. The second kappa shape index (κ2) is 6.14. The molecular formula is C22H14N4O. The van der Waals surface area contributed by atoms with Gasteiger partial charge in [-0.2, -0.15) is 0 Å². The van der Waals surface area contributed by atoms with Crippen LogP contribution in [0.5, 0.6) is 0 Å². The lowest BCUT2D eigenvalue weighted by atomic mass is 10.0. The highest BCUT2D eigenvalue weighted by Gasteiger charge is 2.12. The lowest BCUT2D eigenvalue weighted by Gasteiger charge is -2.05. The van der Waals surface area contributed by atoms with E-state index in [4.69, 9.17) is 4.98 Å². The van der Waals surface area contributed by atoms with Crippen molar-refractivity contribution in [1.82, 2.24) is 19.4 Å². The molecule has 0 aliphatic carbocycles. The first-order valence-electron chi connectivity index (χ1n) is 8.59. The summed E-state index contributed by atoms with van der Waals surface area (Å²) in [4.78, 5) is 26.3. The van der Waals surface area contributed by atoms with Gasteiger partial charge in [0.05, 0.1) is 29.1 Å². The normalized spacial score (nSPS) is 11.1. The molecule has 0 spiro atoms. The number of pyridine rings is 1. The van der Waals surface area contributed by atoms with E-state index < -0.39 is 0 Å². The first-order chi connectivity index (χ1) is 13.3. The SMILES string of the molecule is O=C(c1ccccc1)c1ccc2ncc(-c3cnc4ccccn34)nc2c1. The maximum atomic E-state index is 12.7. The molecule has 5 aromatic rings. The van der Waals surface area contributed by atoms with Gasteiger partial charge in [0.25, 0.3) is 0 Å². The van der Waals surface area contributed by atoms with Crippen molar-refractivity contribution in [3.63, 3.8) is 0 Å². The van der Waals surface area contributed by atoms with E-state index in [0.29, 0.717) is 22.3 Å². The number of carbonyl (C=O) groups is 1. The molecule has 0 bridgehead atoms. The number of rotatable bonds is 3. The summed E-state index contributed by atoms with van der Waals surface area (Å²) in [7, 11) is 0. The summed E-state index contributed by atoms with van der Waals surface area (Å²) in [5, 5.41) is 0. The number of imidazole rings is 1. The van der Waals surface area contributed by atoms with Crippen LogP contribution in [0.15, 0.2) is 85.3 Å². The fourth-order valence-electron chi connectivity index (χ4n) is 3.15. The molecule has 0 aliphatic heterocycles. The average molecular weight is 350 g/mol. The molecule has 0 N–H and O–H groups in total. The van der Waals surface area contributed by atoms with Crippen LogP contribution in [0.2, 0.25) is 0 Å². The van der Waals surface area contributed by atoms with Crippen LogP contribution in [-0.4, -0.2) is 25.1 Å². The van der Waals surface area contributed by atoms with Gasteiger partial charge < -0.3 is 0 Å². The molecule has 0 saturated carbocycles. The second-order valence-electron chi connectivity index (χ2n) is 6.23. The Morgan fingerprint density at radius 3 is 2.52 bits per heavy atom. The number of aromatic nitrogens is 4. The fourth-order valence-corrected chi connectivity index (χ4v) is 3.15. The summed E-state index contributed by atoms with van der Waals surface area (Å²) in [6.45, 7) is 0. The number of hydrogen-bond donors (Lipinski definition) is 0. The molecule has 128 valence electrons. The van der Waals surface area contributed by atoms with E-state index in [1.54, 1.807) is 24.5 Å². The van der Waals surface area contributed by atoms with Crippen molar-refractivity contribution >= 4 is 22.5 Å². The molecule has 3 heterocycles. The highest BCUT2D eigenvalue weighted by atomic mass is 16.1. The predicted molar refractivity (Wildman–Crippen MR) is 104 cm³/mol. The molecule has 5 nitrogen and oxygen atoms in total. The molecule has 0 unspecified atom stereocenters. The van der Waals surface area contributed by atoms with Gasteiger partial charge in [0, 0.05) is 17.3 Å². The summed E-state index contributed by atoms with van der Waals surface area (Å²) in [5.74, 6) is -0.0282. The van der Waals surface area contributed by atoms with Gasteiger partial charge in [-0.15, -0.1) is 0 Å². The molecule has 0 saturated heterocycles. The van der Waals surface area contributed by atoms with Crippen LogP contribution in [0.4, 0.5) is 0 Å². The van der Waals surface area contributed by atoms with Crippen LogP contribution in [-0.2, 0) is 0 Å². The summed E-state index contributed by atoms with van der Waals surface area (Å²) >= 11 is 0. The first-order valence-corrected chi connectivity index (χ1v) is 8.59. The Kier molecular flexibility index (Phi) is 3.50. The van der Waals surface area contributed by atoms with E-state index in [1.807, 2.05) is 65.2 Å². The van der Waals surface area contributed by atoms with Gasteiger partial charge in [-0.1, -0.05) is 36.4 Å². The van der Waals surface area contributed by atoms with Gasteiger partial charge in [0.1, 0.15) is 11.3 Å². The number of carbonyl (C=O) groups excluding carboxylic acids is 1. The summed E-state index contributed by atoms with van der Waals surface area (Å²) < 4.78 is 1.97. The van der Waals surface area contributed by atoms with Crippen LogP contribution >= 0.6 is 0 Å². The van der Waals surface area contributed by atoms with Crippen molar-refractivity contribution in [2.75, 3.05) is 0 Å². The lowest BCUT2D eigenvalue weighted by Crippen LogP contribution is -2.01. The number of benzene rings is 2. The Morgan fingerprint density at radius 1 is 0.778 bits per heavy atom. The smallest absolute Gasteiger partial charge is 0.193 e. The number of nitrogens with zero attached hydrogens (tertiary/aromatic N) is 4.